The van der Waals surface area contributed by atoms with Gasteiger partial charge in [-0.2, -0.15) is 5.10 Å². The summed E-state index contributed by atoms with van der Waals surface area (Å²) in [5, 5.41) is 13.7. The van der Waals surface area contributed by atoms with Gasteiger partial charge in [0.05, 0.1) is 19.8 Å². The summed E-state index contributed by atoms with van der Waals surface area (Å²) >= 11 is 0. The van der Waals surface area contributed by atoms with Gasteiger partial charge in [0.2, 0.25) is 5.91 Å². The number of halogens is 1. The van der Waals surface area contributed by atoms with E-state index in [9.17, 15) is 4.79 Å². The minimum absolute atomic E-state index is 0. The largest absolute Gasteiger partial charge is 0.379 e. The maximum absolute atomic E-state index is 12.2. The first kappa shape index (κ1) is 26.1. The summed E-state index contributed by atoms with van der Waals surface area (Å²) in [5.41, 5.74) is 1.79. The van der Waals surface area contributed by atoms with E-state index in [0.717, 1.165) is 69.6 Å². The molecular formula is C22H34IN7O2. The monoisotopic (exact) mass is 555 g/mol. The van der Waals surface area contributed by atoms with Crippen LogP contribution in [0.2, 0.25) is 0 Å². The van der Waals surface area contributed by atoms with Crippen LogP contribution in [0.5, 0.6) is 0 Å². The van der Waals surface area contributed by atoms with E-state index >= 15 is 0 Å². The Bertz CT molecular complexity index is 823. The number of carbonyl (C=O) groups excluding carboxylic acids is 1. The second-order valence-electron chi connectivity index (χ2n) is 7.38. The molecule has 10 heteroatoms. The average Bonchev–Trinajstić information content (AvgIpc) is 3.29. The zero-order chi connectivity index (χ0) is 21.7. The number of benzene rings is 1. The van der Waals surface area contributed by atoms with Gasteiger partial charge >= 0.3 is 0 Å². The van der Waals surface area contributed by atoms with Crippen LogP contribution in [0.25, 0.3) is 0 Å². The van der Waals surface area contributed by atoms with Crippen molar-refractivity contribution in [1.82, 2.24) is 25.3 Å². The topological polar surface area (TPSA) is 95.8 Å². The zero-order valence-corrected chi connectivity index (χ0v) is 21.0. The number of nitrogens with zero attached hydrogens (tertiary/aromatic N) is 4. The first-order valence-electron chi connectivity index (χ1n) is 10.9. The summed E-state index contributed by atoms with van der Waals surface area (Å²) in [6, 6.07) is 9.56. The first-order chi connectivity index (χ1) is 15.2. The van der Waals surface area contributed by atoms with Crippen molar-refractivity contribution in [2.75, 3.05) is 51.3 Å². The molecule has 32 heavy (non-hydrogen) atoms. The molecule has 2 heterocycles. The van der Waals surface area contributed by atoms with Crippen molar-refractivity contribution in [3.63, 3.8) is 0 Å². The number of nitrogens with one attached hydrogen (secondary N) is 3. The second-order valence-corrected chi connectivity index (χ2v) is 7.38. The standard InChI is InChI=1S/C22H33N7O2.HI/c1-2-23-22(24-8-4-10-28-12-14-31-15-13-28)25-17-19-6-3-7-20(16-19)27-21(30)18-29-11-5-9-26-29;/h3,5-7,9,11,16H,2,4,8,10,12-15,17-18H2,1H3,(H,27,30)(H2,23,24,25);1H. The zero-order valence-electron chi connectivity index (χ0n) is 18.6. The van der Waals surface area contributed by atoms with Gasteiger partial charge in [0, 0.05) is 44.3 Å². The minimum Gasteiger partial charge on any atom is -0.379 e. The maximum Gasteiger partial charge on any atom is 0.246 e. The summed E-state index contributed by atoms with van der Waals surface area (Å²) in [5.74, 6) is 0.692. The van der Waals surface area contributed by atoms with Gasteiger partial charge < -0.3 is 20.7 Å². The number of anilines is 1. The molecule has 3 rings (SSSR count). The van der Waals surface area contributed by atoms with E-state index in [4.69, 9.17) is 4.74 Å². The summed E-state index contributed by atoms with van der Waals surface area (Å²) in [4.78, 5) is 19.3. The summed E-state index contributed by atoms with van der Waals surface area (Å²) < 4.78 is 6.98. The predicted octanol–water partition coefficient (Wildman–Crippen LogP) is 1.92. The fourth-order valence-electron chi connectivity index (χ4n) is 3.34. The Morgan fingerprint density at radius 3 is 2.81 bits per heavy atom. The molecule has 1 saturated heterocycles. The van der Waals surface area contributed by atoms with E-state index in [1.165, 1.54) is 0 Å². The van der Waals surface area contributed by atoms with E-state index in [0.29, 0.717) is 6.54 Å². The molecule has 176 valence electrons. The molecular weight excluding hydrogens is 521 g/mol. The number of carbonyl (C=O) groups is 1. The maximum atomic E-state index is 12.2. The van der Waals surface area contributed by atoms with Crippen LogP contribution in [0.3, 0.4) is 0 Å². The molecule has 2 aromatic rings. The summed E-state index contributed by atoms with van der Waals surface area (Å²) in [7, 11) is 0. The highest BCUT2D eigenvalue weighted by molar-refractivity contribution is 14.0. The molecule has 1 amide bonds. The van der Waals surface area contributed by atoms with Crippen molar-refractivity contribution < 1.29 is 9.53 Å². The fourth-order valence-corrected chi connectivity index (χ4v) is 3.34. The molecule has 0 radical (unpaired) electrons. The van der Waals surface area contributed by atoms with Gasteiger partial charge in [0.15, 0.2) is 5.96 Å². The lowest BCUT2D eigenvalue weighted by atomic mass is 10.2. The van der Waals surface area contributed by atoms with Crippen molar-refractivity contribution in [3.05, 3.63) is 48.3 Å². The Morgan fingerprint density at radius 1 is 1.22 bits per heavy atom. The molecule has 0 bridgehead atoms. The molecule has 1 aromatic heterocycles. The number of guanidine groups is 1. The number of hydrogen-bond donors (Lipinski definition) is 3. The van der Waals surface area contributed by atoms with Crippen LogP contribution < -0.4 is 16.0 Å². The molecule has 0 spiro atoms. The van der Waals surface area contributed by atoms with Gasteiger partial charge in [-0.15, -0.1) is 24.0 Å². The Morgan fingerprint density at radius 2 is 2.06 bits per heavy atom. The van der Waals surface area contributed by atoms with Crippen LogP contribution in [-0.4, -0.2) is 72.5 Å². The number of amides is 1. The lowest BCUT2D eigenvalue weighted by Crippen LogP contribution is -2.40. The first-order valence-corrected chi connectivity index (χ1v) is 10.9. The molecule has 1 aliphatic rings. The Kier molecular flexibility index (Phi) is 12.1. The van der Waals surface area contributed by atoms with E-state index in [2.05, 4.69) is 37.9 Å². The number of rotatable bonds is 10. The lowest BCUT2D eigenvalue weighted by Gasteiger charge is -2.26. The number of hydrogen-bond acceptors (Lipinski definition) is 5. The molecule has 1 fully saturated rings. The van der Waals surface area contributed by atoms with E-state index in [1.807, 2.05) is 24.3 Å². The van der Waals surface area contributed by atoms with Crippen molar-refractivity contribution >= 4 is 41.5 Å². The van der Waals surface area contributed by atoms with Crippen LogP contribution in [0.15, 0.2) is 47.7 Å². The van der Waals surface area contributed by atoms with Crippen molar-refractivity contribution in [1.29, 1.82) is 0 Å². The normalized spacial score (nSPS) is 14.5. The predicted molar refractivity (Wildman–Crippen MR) is 137 cm³/mol. The number of morpholine rings is 1. The Balaban J connectivity index is 0.00000363. The highest BCUT2D eigenvalue weighted by atomic mass is 127. The van der Waals surface area contributed by atoms with Crippen molar-refractivity contribution in [2.24, 2.45) is 4.99 Å². The highest BCUT2D eigenvalue weighted by Crippen LogP contribution is 2.12. The summed E-state index contributed by atoms with van der Waals surface area (Å²) in [6.45, 7) is 9.21. The van der Waals surface area contributed by atoms with Gasteiger partial charge in [0.25, 0.3) is 0 Å². The molecule has 0 aliphatic carbocycles. The second kappa shape index (κ2) is 14.8. The summed E-state index contributed by atoms with van der Waals surface area (Å²) in [6.07, 6.45) is 4.48. The number of ether oxygens (including phenoxy) is 1. The number of aromatic nitrogens is 2. The van der Waals surface area contributed by atoms with Gasteiger partial charge in [0.1, 0.15) is 6.54 Å². The smallest absolute Gasteiger partial charge is 0.246 e. The van der Waals surface area contributed by atoms with Crippen molar-refractivity contribution in [2.45, 2.75) is 26.4 Å². The van der Waals surface area contributed by atoms with Crippen LogP contribution >= 0.6 is 24.0 Å². The molecule has 9 nitrogen and oxygen atoms in total. The Hall–Kier alpha value is -2.18. The number of aliphatic imine (C=N–C) groups is 1. The lowest BCUT2D eigenvalue weighted by molar-refractivity contribution is -0.116. The Labute approximate surface area is 207 Å². The molecule has 3 N–H and O–H groups in total. The molecule has 0 saturated carbocycles. The highest BCUT2D eigenvalue weighted by Gasteiger charge is 2.09. The third-order valence-corrected chi connectivity index (χ3v) is 4.89. The average molecular weight is 555 g/mol. The van der Waals surface area contributed by atoms with Crippen molar-refractivity contribution in [3.8, 4) is 0 Å². The fraction of sp³-hybridized carbons (Fsp3) is 0.500. The van der Waals surface area contributed by atoms with Gasteiger partial charge in [-0.1, -0.05) is 12.1 Å². The minimum atomic E-state index is -0.111. The molecule has 1 aromatic carbocycles. The van der Waals surface area contributed by atoms with Crippen LogP contribution in [0, 0.1) is 0 Å². The SMILES string of the molecule is CCNC(=NCc1cccc(NC(=O)Cn2cccn2)c1)NCCCN1CCOCC1.I. The quantitative estimate of drug-likeness (QED) is 0.180. The van der Waals surface area contributed by atoms with E-state index < -0.39 is 0 Å². The third-order valence-electron chi connectivity index (χ3n) is 4.89. The van der Waals surface area contributed by atoms with Gasteiger partial charge in [-0.3, -0.25) is 14.4 Å². The van der Waals surface area contributed by atoms with Crippen LogP contribution in [0.1, 0.15) is 18.9 Å². The molecule has 0 unspecified atom stereocenters. The third kappa shape index (κ3) is 9.53. The van der Waals surface area contributed by atoms with Crippen LogP contribution in [0.4, 0.5) is 5.69 Å². The molecule has 0 atom stereocenters. The van der Waals surface area contributed by atoms with Gasteiger partial charge in [-0.05, 0) is 43.7 Å². The van der Waals surface area contributed by atoms with Crippen LogP contribution in [-0.2, 0) is 22.6 Å². The van der Waals surface area contributed by atoms with E-state index in [1.54, 1.807) is 23.1 Å². The van der Waals surface area contributed by atoms with Gasteiger partial charge in [-0.25, -0.2) is 4.99 Å². The van der Waals surface area contributed by atoms with E-state index in [-0.39, 0.29) is 36.4 Å². The molecule has 1 aliphatic heterocycles.